The zero-order chi connectivity index (χ0) is 10.1. The lowest BCUT2D eigenvalue weighted by Gasteiger charge is -2.02. The quantitative estimate of drug-likeness (QED) is 0.588. The van der Waals surface area contributed by atoms with Crippen molar-refractivity contribution in [1.29, 1.82) is 0 Å². The van der Waals surface area contributed by atoms with Gasteiger partial charge in [-0.2, -0.15) is 0 Å². The smallest absolute Gasteiger partial charge is 0.305 e. The molecule has 0 aromatic rings. The summed E-state index contributed by atoms with van der Waals surface area (Å²) in [6, 6.07) is 0. The molecule has 2 N–H and O–H groups in total. The Hall–Kier alpha value is -1.06. The van der Waals surface area contributed by atoms with Gasteiger partial charge in [0, 0.05) is 13.0 Å². The molecule has 0 saturated heterocycles. The summed E-state index contributed by atoms with van der Waals surface area (Å²) in [5, 5.41) is 10.8. The second kappa shape index (κ2) is 7.58. The van der Waals surface area contributed by atoms with E-state index in [1.165, 1.54) is 0 Å². The minimum absolute atomic E-state index is 0.000478. The van der Waals surface area contributed by atoms with Gasteiger partial charge in [-0.3, -0.25) is 9.59 Å². The molecule has 0 aliphatic heterocycles. The highest BCUT2D eigenvalue weighted by Gasteiger charge is 2.01. The van der Waals surface area contributed by atoms with E-state index in [1.54, 1.807) is 0 Å². The van der Waals surface area contributed by atoms with E-state index >= 15 is 0 Å². The normalized spacial score (nSPS) is 9.62. The van der Waals surface area contributed by atoms with Gasteiger partial charge in [0.15, 0.2) is 0 Å². The molecule has 0 spiro atoms. The molecule has 0 unspecified atom stereocenters. The van der Waals surface area contributed by atoms with Crippen LogP contribution in [0.2, 0.25) is 0 Å². The van der Waals surface area contributed by atoms with Crippen molar-refractivity contribution in [2.75, 3.05) is 6.54 Å². The van der Waals surface area contributed by atoms with Crippen LogP contribution in [0.3, 0.4) is 0 Å². The lowest BCUT2D eigenvalue weighted by atomic mass is 10.2. The number of nitrogens with one attached hydrogen (secondary N) is 1. The zero-order valence-corrected chi connectivity index (χ0v) is 8.01. The highest BCUT2D eigenvalue weighted by molar-refractivity contribution is 5.76. The van der Waals surface area contributed by atoms with E-state index in [0.717, 1.165) is 19.3 Å². The van der Waals surface area contributed by atoms with Crippen molar-refractivity contribution in [2.24, 2.45) is 0 Å². The van der Waals surface area contributed by atoms with E-state index in [9.17, 15) is 9.59 Å². The highest BCUT2D eigenvalue weighted by atomic mass is 16.4. The number of rotatable bonds is 7. The Labute approximate surface area is 78.3 Å². The maximum Gasteiger partial charge on any atom is 0.305 e. The molecule has 13 heavy (non-hydrogen) atoms. The fraction of sp³-hybridized carbons (Fsp3) is 0.778. The van der Waals surface area contributed by atoms with Gasteiger partial charge in [-0.15, -0.1) is 0 Å². The minimum Gasteiger partial charge on any atom is -0.481 e. The number of hydrogen-bond acceptors (Lipinski definition) is 2. The first-order valence-corrected chi connectivity index (χ1v) is 4.65. The van der Waals surface area contributed by atoms with Crippen molar-refractivity contribution in [3.63, 3.8) is 0 Å². The average Bonchev–Trinajstić information content (AvgIpc) is 2.04. The van der Waals surface area contributed by atoms with Gasteiger partial charge in [0.05, 0.1) is 6.42 Å². The van der Waals surface area contributed by atoms with Crippen molar-refractivity contribution in [3.05, 3.63) is 0 Å². The predicted octanol–water partition coefficient (Wildman–Crippen LogP) is 1.16. The molecule has 1 amide bonds. The number of unbranched alkanes of at least 4 members (excludes halogenated alkanes) is 2. The Morgan fingerprint density at radius 1 is 1.23 bits per heavy atom. The zero-order valence-electron chi connectivity index (χ0n) is 8.01. The minimum atomic E-state index is -0.881. The Morgan fingerprint density at radius 3 is 2.46 bits per heavy atom. The molecule has 0 rings (SSSR count). The second-order valence-electron chi connectivity index (χ2n) is 2.95. The van der Waals surface area contributed by atoms with E-state index < -0.39 is 5.97 Å². The first kappa shape index (κ1) is 11.9. The van der Waals surface area contributed by atoms with Crippen LogP contribution in [0.5, 0.6) is 0 Å². The molecule has 0 radical (unpaired) electrons. The largest absolute Gasteiger partial charge is 0.481 e. The van der Waals surface area contributed by atoms with Crippen LogP contribution in [0, 0.1) is 0 Å². The molecule has 0 aliphatic carbocycles. The third kappa shape index (κ3) is 8.85. The molecule has 0 fully saturated rings. The third-order valence-electron chi connectivity index (χ3n) is 1.67. The van der Waals surface area contributed by atoms with Gasteiger partial charge in [-0.25, -0.2) is 0 Å². The summed E-state index contributed by atoms with van der Waals surface area (Å²) in [4.78, 5) is 21.1. The Balaban J connectivity index is 3.25. The number of hydrogen-bond donors (Lipinski definition) is 2. The highest BCUT2D eigenvalue weighted by Crippen LogP contribution is 1.97. The summed E-state index contributed by atoms with van der Waals surface area (Å²) in [5.41, 5.74) is 0. The van der Waals surface area contributed by atoms with E-state index in [1.807, 2.05) is 0 Å². The molecule has 76 valence electrons. The SMILES string of the molecule is CCCCCC(=O)NCCC(=O)O. The lowest BCUT2D eigenvalue weighted by Crippen LogP contribution is -2.25. The van der Waals surface area contributed by atoms with E-state index in [0.29, 0.717) is 6.42 Å². The molecule has 4 nitrogen and oxygen atoms in total. The third-order valence-corrected chi connectivity index (χ3v) is 1.67. The van der Waals surface area contributed by atoms with Gasteiger partial charge >= 0.3 is 5.97 Å². The molecule has 0 aromatic heterocycles. The van der Waals surface area contributed by atoms with Crippen LogP contribution in [-0.4, -0.2) is 23.5 Å². The number of carboxylic acid groups (broad SMARTS) is 1. The lowest BCUT2D eigenvalue weighted by molar-refractivity contribution is -0.136. The van der Waals surface area contributed by atoms with Crippen LogP contribution in [0.15, 0.2) is 0 Å². The van der Waals surface area contributed by atoms with Gasteiger partial charge < -0.3 is 10.4 Å². The summed E-state index contributed by atoms with van der Waals surface area (Å²) in [7, 11) is 0. The van der Waals surface area contributed by atoms with Gasteiger partial charge in [-0.1, -0.05) is 19.8 Å². The summed E-state index contributed by atoms with van der Waals surface area (Å²) in [6.07, 6.45) is 3.52. The molecule has 0 bridgehead atoms. The van der Waals surface area contributed by atoms with Gasteiger partial charge in [0.1, 0.15) is 0 Å². The molecule has 0 atom stereocenters. The van der Waals surface area contributed by atoms with Crippen molar-refractivity contribution >= 4 is 11.9 Å². The summed E-state index contributed by atoms with van der Waals surface area (Å²) < 4.78 is 0. The fourth-order valence-electron chi connectivity index (χ4n) is 0.933. The number of carbonyl (C=O) groups is 2. The van der Waals surface area contributed by atoms with Crippen molar-refractivity contribution < 1.29 is 14.7 Å². The van der Waals surface area contributed by atoms with Crippen LogP contribution in [0.1, 0.15) is 39.0 Å². The van der Waals surface area contributed by atoms with Crippen LogP contribution in [0.4, 0.5) is 0 Å². The topological polar surface area (TPSA) is 66.4 Å². The van der Waals surface area contributed by atoms with E-state index in [4.69, 9.17) is 5.11 Å². The van der Waals surface area contributed by atoms with Crippen LogP contribution < -0.4 is 5.32 Å². The van der Waals surface area contributed by atoms with Crippen molar-refractivity contribution in [1.82, 2.24) is 5.32 Å². The standard InChI is InChI=1S/C9H17NO3/c1-2-3-4-5-8(11)10-7-6-9(12)13/h2-7H2,1H3,(H,10,11)(H,12,13). The van der Waals surface area contributed by atoms with E-state index in [-0.39, 0.29) is 18.9 Å². The molecule has 0 heterocycles. The van der Waals surface area contributed by atoms with Crippen LogP contribution >= 0.6 is 0 Å². The van der Waals surface area contributed by atoms with Crippen LogP contribution in [0.25, 0.3) is 0 Å². The summed E-state index contributed by atoms with van der Waals surface area (Å²) in [6.45, 7) is 2.31. The number of aliphatic carboxylic acids is 1. The molecule has 0 aliphatic rings. The van der Waals surface area contributed by atoms with Crippen LogP contribution in [-0.2, 0) is 9.59 Å². The number of amides is 1. The molecule has 0 saturated carbocycles. The maximum absolute atomic E-state index is 11.0. The summed E-state index contributed by atoms with van der Waals surface area (Å²) >= 11 is 0. The van der Waals surface area contributed by atoms with Gasteiger partial charge in [-0.05, 0) is 6.42 Å². The predicted molar refractivity (Wildman–Crippen MR) is 49.4 cm³/mol. The van der Waals surface area contributed by atoms with Crippen molar-refractivity contribution in [3.8, 4) is 0 Å². The average molecular weight is 187 g/mol. The second-order valence-corrected chi connectivity index (χ2v) is 2.95. The van der Waals surface area contributed by atoms with Crippen molar-refractivity contribution in [2.45, 2.75) is 39.0 Å². The first-order chi connectivity index (χ1) is 6.16. The van der Waals surface area contributed by atoms with Gasteiger partial charge in [0.25, 0.3) is 0 Å². The first-order valence-electron chi connectivity index (χ1n) is 4.65. The fourth-order valence-corrected chi connectivity index (χ4v) is 0.933. The Kier molecular flexibility index (Phi) is 6.96. The molecule has 0 aromatic carbocycles. The summed E-state index contributed by atoms with van der Waals surface area (Å²) in [5.74, 6) is -0.927. The number of carboxylic acids is 1. The maximum atomic E-state index is 11.0. The molecular weight excluding hydrogens is 170 g/mol. The number of carbonyl (C=O) groups excluding carboxylic acids is 1. The molecular formula is C9H17NO3. The van der Waals surface area contributed by atoms with Gasteiger partial charge in [0.2, 0.25) is 5.91 Å². The van der Waals surface area contributed by atoms with E-state index in [2.05, 4.69) is 12.2 Å². The molecule has 4 heteroatoms. The Morgan fingerprint density at radius 2 is 1.92 bits per heavy atom. The monoisotopic (exact) mass is 187 g/mol. The Bertz CT molecular complexity index is 168.